The van der Waals surface area contributed by atoms with Gasteiger partial charge in [-0.25, -0.2) is 13.2 Å². The summed E-state index contributed by atoms with van der Waals surface area (Å²) in [5.41, 5.74) is 0.975. The molecule has 0 aliphatic carbocycles. The first-order chi connectivity index (χ1) is 10.4. The molecule has 6 nitrogen and oxygen atoms in total. The first-order valence-corrected chi connectivity index (χ1v) is 8.70. The summed E-state index contributed by atoms with van der Waals surface area (Å²) in [5.74, 6) is -0.527. The van der Waals surface area contributed by atoms with E-state index in [4.69, 9.17) is 4.74 Å². The number of sulfonamides is 1. The van der Waals surface area contributed by atoms with Crippen LogP contribution in [0.5, 0.6) is 0 Å². The fourth-order valence-electron chi connectivity index (χ4n) is 2.64. The number of methoxy groups -OCH3 is 1. The molecule has 1 N–H and O–H groups in total. The maximum absolute atomic E-state index is 12.8. The number of benzene rings is 1. The van der Waals surface area contributed by atoms with E-state index in [1.54, 1.807) is 19.1 Å². The van der Waals surface area contributed by atoms with Crippen LogP contribution in [0, 0.1) is 6.92 Å². The van der Waals surface area contributed by atoms with Crippen LogP contribution in [-0.4, -0.2) is 52.0 Å². The van der Waals surface area contributed by atoms with Crippen LogP contribution < -0.4 is 5.32 Å². The summed E-state index contributed by atoms with van der Waals surface area (Å²) in [4.78, 5) is 11.9. The quantitative estimate of drug-likeness (QED) is 0.840. The highest BCUT2D eigenvalue weighted by atomic mass is 32.2. The lowest BCUT2D eigenvalue weighted by molar-refractivity contribution is 0.0599. The van der Waals surface area contributed by atoms with Gasteiger partial charge in [0.05, 0.1) is 17.6 Å². The number of ether oxygens (including phenoxy) is 1. The van der Waals surface area contributed by atoms with Gasteiger partial charge in [0.1, 0.15) is 0 Å². The topological polar surface area (TPSA) is 75.7 Å². The van der Waals surface area contributed by atoms with Gasteiger partial charge in [0.2, 0.25) is 10.0 Å². The molecule has 1 heterocycles. The average molecular weight is 326 g/mol. The Labute approximate surface area is 131 Å². The van der Waals surface area contributed by atoms with E-state index in [-0.39, 0.29) is 16.5 Å². The normalized spacial score (nSPS) is 19.9. The average Bonchev–Trinajstić information content (AvgIpc) is 2.54. The van der Waals surface area contributed by atoms with Crippen LogP contribution in [-0.2, 0) is 14.8 Å². The Morgan fingerprint density at radius 2 is 2.14 bits per heavy atom. The zero-order chi connectivity index (χ0) is 16.3. The summed E-state index contributed by atoms with van der Waals surface area (Å²) >= 11 is 0. The third-order valence-corrected chi connectivity index (χ3v) is 5.91. The Kier molecular flexibility index (Phi) is 5.20. The number of hydrogen-bond donors (Lipinski definition) is 1. The summed E-state index contributed by atoms with van der Waals surface area (Å²) < 4.78 is 31.7. The molecular weight excluding hydrogens is 304 g/mol. The van der Waals surface area contributed by atoms with Crippen LogP contribution in [0.25, 0.3) is 0 Å². The van der Waals surface area contributed by atoms with Crippen LogP contribution in [0.15, 0.2) is 23.1 Å². The van der Waals surface area contributed by atoms with Crippen molar-refractivity contribution in [3.05, 3.63) is 29.3 Å². The highest BCUT2D eigenvalue weighted by Crippen LogP contribution is 2.23. The van der Waals surface area contributed by atoms with Gasteiger partial charge in [-0.15, -0.1) is 0 Å². The van der Waals surface area contributed by atoms with E-state index >= 15 is 0 Å². The smallest absolute Gasteiger partial charge is 0.338 e. The number of rotatable bonds is 4. The Morgan fingerprint density at radius 3 is 2.77 bits per heavy atom. The molecule has 22 heavy (non-hydrogen) atoms. The minimum atomic E-state index is -3.60. The maximum atomic E-state index is 12.8. The Hall–Kier alpha value is -1.44. The van der Waals surface area contributed by atoms with Gasteiger partial charge in [0.25, 0.3) is 0 Å². The summed E-state index contributed by atoms with van der Waals surface area (Å²) in [6, 6.07) is 4.74. The highest BCUT2D eigenvalue weighted by molar-refractivity contribution is 7.89. The fourth-order valence-corrected chi connectivity index (χ4v) is 4.19. The van der Waals surface area contributed by atoms with Gasteiger partial charge < -0.3 is 10.1 Å². The van der Waals surface area contributed by atoms with E-state index in [9.17, 15) is 13.2 Å². The molecule has 0 radical (unpaired) electrons. The Balaban J connectivity index is 2.35. The van der Waals surface area contributed by atoms with Crippen molar-refractivity contribution in [3.63, 3.8) is 0 Å². The zero-order valence-corrected chi connectivity index (χ0v) is 13.9. The van der Waals surface area contributed by atoms with E-state index in [2.05, 4.69) is 5.32 Å². The van der Waals surface area contributed by atoms with Crippen molar-refractivity contribution < 1.29 is 17.9 Å². The highest BCUT2D eigenvalue weighted by Gasteiger charge is 2.30. The molecule has 1 fully saturated rings. The van der Waals surface area contributed by atoms with E-state index in [1.807, 2.05) is 7.05 Å². The molecule has 1 aromatic rings. The van der Waals surface area contributed by atoms with Crippen molar-refractivity contribution in [1.29, 1.82) is 0 Å². The van der Waals surface area contributed by atoms with Crippen LogP contribution >= 0.6 is 0 Å². The largest absolute Gasteiger partial charge is 0.465 e. The van der Waals surface area contributed by atoms with Gasteiger partial charge in [-0.1, -0.05) is 6.07 Å². The summed E-state index contributed by atoms with van der Waals surface area (Å²) in [5, 5.41) is 3.13. The number of nitrogens with zero attached hydrogens (tertiary/aromatic N) is 1. The molecule has 0 saturated carbocycles. The van der Waals surface area contributed by atoms with Crippen LogP contribution in [0.2, 0.25) is 0 Å². The van der Waals surface area contributed by atoms with Crippen molar-refractivity contribution in [2.45, 2.75) is 30.7 Å². The molecule has 2 rings (SSSR count). The number of esters is 1. The van der Waals surface area contributed by atoms with E-state index in [0.717, 1.165) is 12.8 Å². The lowest BCUT2D eigenvalue weighted by atomic mass is 10.1. The van der Waals surface area contributed by atoms with Gasteiger partial charge in [0.15, 0.2) is 0 Å². The number of piperidine rings is 1. The molecule has 0 bridgehead atoms. The molecule has 0 amide bonds. The zero-order valence-electron chi connectivity index (χ0n) is 13.1. The molecule has 1 saturated heterocycles. The number of carbonyl (C=O) groups excluding carboxylic acids is 1. The number of carbonyl (C=O) groups is 1. The minimum absolute atomic E-state index is 0.134. The monoisotopic (exact) mass is 326 g/mol. The van der Waals surface area contributed by atoms with Crippen molar-refractivity contribution in [2.75, 3.05) is 27.2 Å². The van der Waals surface area contributed by atoms with Gasteiger partial charge in [-0.2, -0.15) is 4.31 Å². The third kappa shape index (κ3) is 3.31. The molecule has 1 atom stereocenters. The molecule has 1 aliphatic rings. The maximum Gasteiger partial charge on any atom is 0.338 e. The number of likely N-dealkylation sites (N-methyl/N-ethyl adjacent to an activating group) is 1. The van der Waals surface area contributed by atoms with Gasteiger partial charge in [0, 0.05) is 19.1 Å². The van der Waals surface area contributed by atoms with Crippen molar-refractivity contribution in [1.82, 2.24) is 9.62 Å². The van der Waals surface area contributed by atoms with Gasteiger partial charge >= 0.3 is 5.97 Å². The predicted octanol–water partition coefficient (Wildman–Crippen LogP) is 1.15. The standard InChI is InChI=1S/C15H22N2O4S/c1-11-6-7-13(9-14(11)15(18)21-3)22(19,20)17-8-4-5-12(10-17)16-2/h6-7,9,12,16H,4-5,8,10H2,1-3H3. The van der Waals surface area contributed by atoms with Crippen LogP contribution in [0.3, 0.4) is 0 Å². The Bertz CT molecular complexity index is 658. The molecule has 122 valence electrons. The fraction of sp³-hybridized carbons (Fsp3) is 0.533. The predicted molar refractivity (Wildman–Crippen MR) is 83.4 cm³/mol. The van der Waals surface area contributed by atoms with E-state index in [1.165, 1.54) is 17.5 Å². The van der Waals surface area contributed by atoms with Crippen molar-refractivity contribution in [3.8, 4) is 0 Å². The number of aryl methyl sites for hydroxylation is 1. The van der Waals surface area contributed by atoms with E-state index in [0.29, 0.717) is 18.7 Å². The SMILES string of the molecule is CNC1CCCN(S(=O)(=O)c2ccc(C)c(C(=O)OC)c2)C1. The van der Waals surface area contributed by atoms with Crippen LogP contribution in [0.1, 0.15) is 28.8 Å². The third-order valence-electron chi connectivity index (χ3n) is 4.04. The summed E-state index contributed by atoms with van der Waals surface area (Å²) in [6.07, 6.45) is 1.78. The minimum Gasteiger partial charge on any atom is -0.465 e. The summed E-state index contributed by atoms with van der Waals surface area (Å²) in [6.45, 7) is 2.70. The second-order valence-corrected chi connectivity index (χ2v) is 7.40. The Morgan fingerprint density at radius 1 is 1.41 bits per heavy atom. The number of nitrogens with one attached hydrogen (secondary N) is 1. The molecule has 1 unspecified atom stereocenters. The first kappa shape index (κ1) is 16.9. The second kappa shape index (κ2) is 6.76. The lowest BCUT2D eigenvalue weighted by Gasteiger charge is -2.31. The van der Waals surface area contributed by atoms with Crippen molar-refractivity contribution >= 4 is 16.0 Å². The number of hydrogen-bond acceptors (Lipinski definition) is 5. The molecule has 0 aromatic heterocycles. The lowest BCUT2D eigenvalue weighted by Crippen LogP contribution is -2.46. The van der Waals surface area contributed by atoms with Crippen molar-refractivity contribution in [2.24, 2.45) is 0 Å². The molecule has 1 aromatic carbocycles. The first-order valence-electron chi connectivity index (χ1n) is 7.26. The van der Waals surface area contributed by atoms with Gasteiger partial charge in [-0.3, -0.25) is 0 Å². The molecule has 7 heteroatoms. The molecular formula is C15H22N2O4S. The van der Waals surface area contributed by atoms with Crippen LogP contribution in [0.4, 0.5) is 0 Å². The van der Waals surface area contributed by atoms with Gasteiger partial charge in [-0.05, 0) is 44.5 Å². The molecule has 1 aliphatic heterocycles. The second-order valence-electron chi connectivity index (χ2n) is 5.46. The summed E-state index contributed by atoms with van der Waals surface area (Å²) in [7, 11) is -0.482. The van der Waals surface area contributed by atoms with E-state index < -0.39 is 16.0 Å². The molecule has 0 spiro atoms.